The number of carbonyl (C=O) groups is 1. The molecule has 0 bridgehead atoms. The molecule has 1 aromatic carbocycles. The van der Waals surface area contributed by atoms with Gasteiger partial charge in [-0.3, -0.25) is 4.79 Å². The molecule has 2 rings (SSSR count). The Morgan fingerprint density at radius 1 is 1.26 bits per heavy atom. The fourth-order valence-corrected chi connectivity index (χ4v) is 2.39. The normalized spacial score (nSPS) is 16.3. The molecule has 1 amide bonds. The highest BCUT2D eigenvalue weighted by atomic mass is 16.5. The first-order valence-electron chi connectivity index (χ1n) is 6.81. The van der Waals surface area contributed by atoms with Gasteiger partial charge in [0.05, 0.1) is 0 Å². The van der Waals surface area contributed by atoms with Crippen LogP contribution in [0.25, 0.3) is 0 Å². The molecular weight excluding hydrogens is 240 g/mol. The molecule has 1 fully saturated rings. The number of hydrogen-bond donors (Lipinski definition) is 1. The van der Waals surface area contributed by atoms with Crippen LogP contribution >= 0.6 is 0 Å². The van der Waals surface area contributed by atoms with Crippen LogP contribution in [0.3, 0.4) is 0 Å². The van der Waals surface area contributed by atoms with Gasteiger partial charge in [-0.15, -0.1) is 0 Å². The largest absolute Gasteiger partial charge is 0.381 e. The maximum absolute atomic E-state index is 12.3. The molecule has 4 nitrogen and oxygen atoms in total. The Morgan fingerprint density at radius 3 is 2.42 bits per heavy atom. The summed E-state index contributed by atoms with van der Waals surface area (Å²) in [5.74, 6) is 0.355. The van der Waals surface area contributed by atoms with E-state index in [0.29, 0.717) is 26.3 Å². The maximum atomic E-state index is 12.3. The number of carbonyl (C=O) groups excluding carboxylic acids is 1. The lowest BCUT2D eigenvalue weighted by atomic mass is 9.98. The molecule has 1 saturated heterocycles. The minimum atomic E-state index is 0.127. The predicted molar refractivity (Wildman–Crippen MR) is 74.4 cm³/mol. The Hall–Kier alpha value is -1.39. The minimum absolute atomic E-state index is 0.127. The lowest BCUT2D eigenvalue weighted by Crippen LogP contribution is -2.35. The Kier molecular flexibility index (Phi) is 4.93. The summed E-state index contributed by atoms with van der Waals surface area (Å²) in [5, 5.41) is 0. The molecule has 0 saturated carbocycles. The van der Waals surface area contributed by atoms with E-state index in [-0.39, 0.29) is 11.8 Å². The fourth-order valence-electron chi connectivity index (χ4n) is 2.39. The number of ether oxygens (including phenoxy) is 1. The highest BCUT2D eigenvalue weighted by Crippen LogP contribution is 2.18. The zero-order valence-corrected chi connectivity index (χ0v) is 11.5. The van der Waals surface area contributed by atoms with Gasteiger partial charge in [0.15, 0.2) is 0 Å². The molecule has 0 radical (unpaired) electrons. The summed E-state index contributed by atoms with van der Waals surface area (Å²) in [6, 6.07) is 8.11. The van der Waals surface area contributed by atoms with Gasteiger partial charge in [-0.05, 0) is 24.0 Å². The molecule has 1 aromatic rings. The van der Waals surface area contributed by atoms with Crippen molar-refractivity contribution in [1.29, 1.82) is 0 Å². The number of nitrogens with zero attached hydrogens (tertiary/aromatic N) is 1. The summed E-state index contributed by atoms with van der Waals surface area (Å²) in [6.45, 7) is 2.61. The van der Waals surface area contributed by atoms with Crippen molar-refractivity contribution in [3.05, 3.63) is 35.4 Å². The fraction of sp³-hybridized carbons (Fsp3) is 0.533. The smallest absolute Gasteiger partial charge is 0.225 e. The molecule has 0 spiro atoms. The van der Waals surface area contributed by atoms with Crippen LogP contribution in [0.15, 0.2) is 24.3 Å². The summed E-state index contributed by atoms with van der Waals surface area (Å²) in [6.07, 6.45) is 1.69. The third-order valence-electron chi connectivity index (χ3n) is 3.63. The van der Waals surface area contributed by atoms with Gasteiger partial charge < -0.3 is 15.4 Å². The van der Waals surface area contributed by atoms with Crippen LogP contribution < -0.4 is 5.73 Å². The van der Waals surface area contributed by atoms with E-state index in [1.54, 1.807) is 0 Å². The van der Waals surface area contributed by atoms with Crippen molar-refractivity contribution in [3.63, 3.8) is 0 Å². The van der Waals surface area contributed by atoms with E-state index in [0.717, 1.165) is 24.0 Å². The van der Waals surface area contributed by atoms with Crippen LogP contribution in [0.5, 0.6) is 0 Å². The summed E-state index contributed by atoms with van der Waals surface area (Å²) in [4.78, 5) is 14.1. The quantitative estimate of drug-likeness (QED) is 0.895. The summed E-state index contributed by atoms with van der Waals surface area (Å²) in [7, 11) is 1.87. The van der Waals surface area contributed by atoms with Gasteiger partial charge >= 0.3 is 0 Å². The minimum Gasteiger partial charge on any atom is -0.381 e. The molecule has 2 N–H and O–H groups in total. The number of amides is 1. The van der Waals surface area contributed by atoms with E-state index in [2.05, 4.69) is 0 Å². The molecule has 1 aliphatic rings. The van der Waals surface area contributed by atoms with E-state index in [4.69, 9.17) is 10.5 Å². The molecule has 1 aliphatic heterocycles. The molecular formula is C15H22N2O2. The average molecular weight is 262 g/mol. The molecule has 0 aromatic heterocycles. The third-order valence-corrected chi connectivity index (χ3v) is 3.63. The van der Waals surface area contributed by atoms with Crippen molar-refractivity contribution in [2.24, 2.45) is 11.7 Å². The Balaban J connectivity index is 1.91. The van der Waals surface area contributed by atoms with Gasteiger partial charge in [0.2, 0.25) is 5.91 Å². The lowest BCUT2D eigenvalue weighted by Gasteiger charge is -2.26. The predicted octanol–water partition coefficient (Wildman–Crippen LogP) is 1.53. The SMILES string of the molecule is CN(Cc1ccc(CN)cc1)C(=O)C1CCOCC1. The van der Waals surface area contributed by atoms with Crippen LogP contribution in [-0.4, -0.2) is 31.1 Å². The second kappa shape index (κ2) is 6.68. The van der Waals surface area contributed by atoms with Crippen molar-refractivity contribution in [2.75, 3.05) is 20.3 Å². The molecule has 104 valence electrons. The van der Waals surface area contributed by atoms with Crippen LogP contribution in [0.2, 0.25) is 0 Å². The molecule has 1 heterocycles. The Bertz CT molecular complexity index is 411. The average Bonchev–Trinajstić information content (AvgIpc) is 2.48. The summed E-state index contributed by atoms with van der Waals surface area (Å²) >= 11 is 0. The zero-order valence-electron chi connectivity index (χ0n) is 11.5. The Morgan fingerprint density at radius 2 is 1.84 bits per heavy atom. The van der Waals surface area contributed by atoms with E-state index in [9.17, 15) is 4.79 Å². The standard InChI is InChI=1S/C15H22N2O2/c1-17(15(18)14-6-8-19-9-7-14)11-13-4-2-12(10-16)3-5-13/h2-5,14H,6-11,16H2,1H3. The first-order valence-corrected chi connectivity index (χ1v) is 6.81. The number of benzene rings is 1. The van der Waals surface area contributed by atoms with Crippen LogP contribution in [-0.2, 0) is 22.6 Å². The van der Waals surface area contributed by atoms with Crippen molar-refractivity contribution >= 4 is 5.91 Å². The second-order valence-corrected chi connectivity index (χ2v) is 5.10. The van der Waals surface area contributed by atoms with E-state index in [1.807, 2.05) is 36.2 Å². The highest BCUT2D eigenvalue weighted by molar-refractivity contribution is 5.78. The molecule has 0 unspecified atom stereocenters. The monoisotopic (exact) mass is 262 g/mol. The highest BCUT2D eigenvalue weighted by Gasteiger charge is 2.24. The molecule has 0 atom stereocenters. The van der Waals surface area contributed by atoms with Crippen LogP contribution in [0, 0.1) is 5.92 Å². The zero-order chi connectivity index (χ0) is 13.7. The number of hydrogen-bond acceptors (Lipinski definition) is 3. The van der Waals surface area contributed by atoms with Gasteiger partial charge in [0.1, 0.15) is 0 Å². The third kappa shape index (κ3) is 3.78. The van der Waals surface area contributed by atoms with Gasteiger partial charge in [-0.25, -0.2) is 0 Å². The summed E-state index contributed by atoms with van der Waals surface area (Å²) in [5.41, 5.74) is 7.82. The topological polar surface area (TPSA) is 55.6 Å². The lowest BCUT2D eigenvalue weighted by molar-refractivity contribution is -0.137. The van der Waals surface area contributed by atoms with Gasteiger partial charge in [-0.2, -0.15) is 0 Å². The van der Waals surface area contributed by atoms with Crippen molar-refractivity contribution < 1.29 is 9.53 Å². The second-order valence-electron chi connectivity index (χ2n) is 5.10. The molecule has 0 aliphatic carbocycles. The Labute approximate surface area is 114 Å². The van der Waals surface area contributed by atoms with Crippen LogP contribution in [0.1, 0.15) is 24.0 Å². The van der Waals surface area contributed by atoms with E-state index < -0.39 is 0 Å². The van der Waals surface area contributed by atoms with Crippen molar-refractivity contribution in [1.82, 2.24) is 4.90 Å². The molecule has 4 heteroatoms. The van der Waals surface area contributed by atoms with Gasteiger partial charge in [0.25, 0.3) is 0 Å². The summed E-state index contributed by atoms with van der Waals surface area (Å²) < 4.78 is 5.29. The molecule has 19 heavy (non-hydrogen) atoms. The van der Waals surface area contributed by atoms with Crippen molar-refractivity contribution in [2.45, 2.75) is 25.9 Å². The van der Waals surface area contributed by atoms with Gasteiger partial charge in [-0.1, -0.05) is 24.3 Å². The van der Waals surface area contributed by atoms with Gasteiger partial charge in [0, 0.05) is 39.3 Å². The van der Waals surface area contributed by atoms with Crippen LogP contribution in [0.4, 0.5) is 0 Å². The first-order chi connectivity index (χ1) is 9.20. The first kappa shape index (κ1) is 14.0. The number of nitrogens with two attached hydrogens (primary N) is 1. The van der Waals surface area contributed by atoms with E-state index >= 15 is 0 Å². The maximum Gasteiger partial charge on any atom is 0.225 e. The number of rotatable bonds is 4. The van der Waals surface area contributed by atoms with E-state index in [1.165, 1.54) is 0 Å². The van der Waals surface area contributed by atoms with Crippen molar-refractivity contribution in [3.8, 4) is 0 Å².